The Morgan fingerprint density at radius 2 is 2.24 bits per heavy atom. The van der Waals surface area contributed by atoms with Gasteiger partial charge >= 0.3 is 0 Å². The summed E-state index contributed by atoms with van der Waals surface area (Å²) in [6.45, 7) is 1.31. The molecule has 1 aromatic carbocycles. The molecular formula is C10H12ClFN2O2S. The first-order valence-electron chi connectivity index (χ1n) is 5.18. The summed E-state index contributed by atoms with van der Waals surface area (Å²) in [7, 11) is -3.85. The molecule has 1 fully saturated rings. The smallest absolute Gasteiger partial charge is 0.243 e. The van der Waals surface area contributed by atoms with Crippen molar-refractivity contribution in [3.8, 4) is 0 Å². The van der Waals surface area contributed by atoms with E-state index in [0.717, 1.165) is 6.54 Å². The maximum absolute atomic E-state index is 13.6. The zero-order valence-electron chi connectivity index (χ0n) is 8.91. The molecule has 7 heteroatoms. The molecule has 0 radical (unpaired) electrons. The molecule has 1 heterocycles. The molecule has 0 saturated carbocycles. The Bertz CT molecular complexity index is 515. The van der Waals surface area contributed by atoms with Crippen LogP contribution < -0.4 is 10.0 Å². The average molecular weight is 279 g/mol. The molecule has 0 aliphatic carbocycles. The van der Waals surface area contributed by atoms with E-state index in [1.165, 1.54) is 18.2 Å². The lowest BCUT2D eigenvalue weighted by molar-refractivity contribution is 0.542. The van der Waals surface area contributed by atoms with Crippen molar-refractivity contribution in [2.75, 3.05) is 13.1 Å². The minimum absolute atomic E-state index is 0.196. The summed E-state index contributed by atoms with van der Waals surface area (Å²) in [4.78, 5) is -0.406. The quantitative estimate of drug-likeness (QED) is 0.871. The summed E-state index contributed by atoms with van der Waals surface area (Å²) >= 11 is 5.56. The monoisotopic (exact) mass is 278 g/mol. The van der Waals surface area contributed by atoms with E-state index in [0.29, 0.717) is 13.0 Å². The predicted octanol–water partition coefficient (Wildman–Crippen LogP) is 1.12. The Labute approximate surface area is 104 Å². The molecule has 17 heavy (non-hydrogen) atoms. The van der Waals surface area contributed by atoms with E-state index in [-0.39, 0.29) is 11.1 Å². The van der Waals surface area contributed by atoms with Crippen LogP contribution in [0.15, 0.2) is 23.1 Å². The van der Waals surface area contributed by atoms with Crippen LogP contribution in [0.3, 0.4) is 0 Å². The molecule has 94 valence electrons. The first kappa shape index (κ1) is 12.8. The van der Waals surface area contributed by atoms with Gasteiger partial charge in [0.05, 0.1) is 5.02 Å². The Morgan fingerprint density at radius 3 is 2.88 bits per heavy atom. The van der Waals surface area contributed by atoms with E-state index in [4.69, 9.17) is 11.6 Å². The van der Waals surface area contributed by atoms with Crippen LogP contribution in [0.25, 0.3) is 0 Å². The SMILES string of the molecule is O=S(=O)(N[C@@H]1CCNC1)c1cccc(Cl)c1F. The molecular weight excluding hydrogens is 267 g/mol. The van der Waals surface area contributed by atoms with Gasteiger partial charge in [-0.15, -0.1) is 0 Å². The third-order valence-electron chi connectivity index (χ3n) is 2.59. The van der Waals surface area contributed by atoms with Gasteiger partial charge in [0.1, 0.15) is 4.90 Å². The minimum Gasteiger partial charge on any atom is -0.315 e. The largest absolute Gasteiger partial charge is 0.315 e. The molecule has 2 rings (SSSR count). The lowest BCUT2D eigenvalue weighted by Crippen LogP contribution is -2.36. The molecule has 1 aliphatic heterocycles. The molecule has 1 atom stereocenters. The second-order valence-corrected chi connectivity index (χ2v) is 5.95. The fourth-order valence-corrected chi connectivity index (χ4v) is 3.33. The second kappa shape index (κ2) is 4.89. The molecule has 0 amide bonds. The van der Waals surface area contributed by atoms with Gasteiger partial charge < -0.3 is 5.32 Å². The standard InChI is InChI=1S/C10H12ClFN2O2S/c11-8-2-1-3-9(10(8)12)17(15,16)14-7-4-5-13-6-7/h1-3,7,13-14H,4-6H2/t7-/m1/s1. The maximum Gasteiger partial charge on any atom is 0.243 e. The predicted molar refractivity (Wildman–Crippen MR) is 63.0 cm³/mol. The van der Waals surface area contributed by atoms with Crippen LogP contribution in [-0.2, 0) is 10.0 Å². The van der Waals surface area contributed by atoms with Crippen LogP contribution >= 0.6 is 11.6 Å². The van der Waals surface area contributed by atoms with Crippen molar-refractivity contribution < 1.29 is 12.8 Å². The molecule has 1 saturated heterocycles. The van der Waals surface area contributed by atoms with E-state index >= 15 is 0 Å². The van der Waals surface area contributed by atoms with Crippen LogP contribution in [0.5, 0.6) is 0 Å². The van der Waals surface area contributed by atoms with Crippen molar-refractivity contribution in [2.24, 2.45) is 0 Å². The highest BCUT2D eigenvalue weighted by Gasteiger charge is 2.25. The molecule has 0 bridgehead atoms. The highest BCUT2D eigenvalue weighted by molar-refractivity contribution is 7.89. The molecule has 4 nitrogen and oxygen atoms in total. The van der Waals surface area contributed by atoms with Gasteiger partial charge in [-0.2, -0.15) is 0 Å². The normalized spacial score (nSPS) is 20.7. The lowest BCUT2D eigenvalue weighted by atomic mass is 10.3. The molecule has 1 aliphatic rings. The van der Waals surface area contributed by atoms with Crippen LogP contribution in [0.4, 0.5) is 4.39 Å². The summed E-state index contributed by atoms with van der Waals surface area (Å²) in [5.74, 6) is -0.910. The fraction of sp³-hybridized carbons (Fsp3) is 0.400. The van der Waals surface area contributed by atoms with E-state index in [9.17, 15) is 12.8 Å². The molecule has 0 spiro atoms. The topological polar surface area (TPSA) is 58.2 Å². The van der Waals surface area contributed by atoms with E-state index < -0.39 is 20.7 Å². The summed E-state index contributed by atoms with van der Waals surface area (Å²) in [6.07, 6.45) is 0.696. The fourth-order valence-electron chi connectivity index (χ4n) is 1.73. The molecule has 2 N–H and O–H groups in total. The third kappa shape index (κ3) is 2.77. The van der Waals surface area contributed by atoms with Crippen LogP contribution in [0, 0.1) is 5.82 Å². The van der Waals surface area contributed by atoms with Crippen molar-refractivity contribution in [2.45, 2.75) is 17.4 Å². The van der Waals surface area contributed by atoms with Crippen LogP contribution in [0.1, 0.15) is 6.42 Å². The number of rotatable bonds is 3. The second-order valence-electron chi connectivity index (χ2n) is 3.86. The number of benzene rings is 1. The van der Waals surface area contributed by atoms with Gasteiger partial charge in [-0.05, 0) is 25.1 Å². The Balaban J connectivity index is 2.28. The van der Waals surface area contributed by atoms with Crippen LogP contribution in [-0.4, -0.2) is 27.5 Å². The Hall–Kier alpha value is -0.690. The average Bonchev–Trinajstić information content (AvgIpc) is 2.73. The van der Waals surface area contributed by atoms with Crippen LogP contribution in [0.2, 0.25) is 5.02 Å². The zero-order chi connectivity index (χ0) is 12.5. The highest BCUT2D eigenvalue weighted by atomic mass is 35.5. The van der Waals surface area contributed by atoms with Crippen molar-refractivity contribution >= 4 is 21.6 Å². The summed E-state index contributed by atoms with van der Waals surface area (Å²) in [5.41, 5.74) is 0. The number of hydrogen-bond donors (Lipinski definition) is 2. The van der Waals surface area contributed by atoms with Gasteiger partial charge in [-0.25, -0.2) is 17.5 Å². The lowest BCUT2D eigenvalue weighted by Gasteiger charge is -2.12. The van der Waals surface area contributed by atoms with E-state index in [2.05, 4.69) is 10.0 Å². The third-order valence-corrected chi connectivity index (χ3v) is 4.42. The molecule has 0 unspecified atom stereocenters. The van der Waals surface area contributed by atoms with Gasteiger partial charge in [0, 0.05) is 12.6 Å². The van der Waals surface area contributed by atoms with Gasteiger partial charge in [0.2, 0.25) is 10.0 Å². The Kier molecular flexibility index (Phi) is 3.67. The van der Waals surface area contributed by atoms with Crippen molar-refractivity contribution in [3.63, 3.8) is 0 Å². The van der Waals surface area contributed by atoms with Crippen molar-refractivity contribution in [3.05, 3.63) is 29.0 Å². The van der Waals surface area contributed by atoms with Crippen molar-refractivity contribution in [1.29, 1.82) is 0 Å². The summed E-state index contributed by atoms with van der Waals surface area (Å²) < 4.78 is 39.9. The summed E-state index contributed by atoms with van der Waals surface area (Å²) in [5, 5.41) is 2.83. The molecule has 1 aromatic rings. The minimum atomic E-state index is -3.85. The zero-order valence-corrected chi connectivity index (χ0v) is 10.5. The van der Waals surface area contributed by atoms with E-state index in [1.807, 2.05) is 0 Å². The van der Waals surface area contributed by atoms with Gasteiger partial charge in [-0.3, -0.25) is 0 Å². The van der Waals surface area contributed by atoms with E-state index in [1.54, 1.807) is 0 Å². The first-order chi connectivity index (χ1) is 8.00. The Morgan fingerprint density at radius 1 is 1.47 bits per heavy atom. The number of nitrogens with one attached hydrogen (secondary N) is 2. The van der Waals surface area contributed by atoms with Gasteiger partial charge in [0.25, 0.3) is 0 Å². The number of halogens is 2. The maximum atomic E-state index is 13.6. The first-order valence-corrected chi connectivity index (χ1v) is 7.04. The van der Waals surface area contributed by atoms with Gasteiger partial charge in [-0.1, -0.05) is 17.7 Å². The molecule has 0 aromatic heterocycles. The highest BCUT2D eigenvalue weighted by Crippen LogP contribution is 2.22. The summed E-state index contributed by atoms with van der Waals surface area (Å²) in [6, 6.07) is 3.73. The number of sulfonamides is 1. The van der Waals surface area contributed by atoms with Gasteiger partial charge in [0.15, 0.2) is 5.82 Å². The van der Waals surface area contributed by atoms with Crippen molar-refractivity contribution in [1.82, 2.24) is 10.0 Å². The number of hydrogen-bond acceptors (Lipinski definition) is 3.